The van der Waals surface area contributed by atoms with Crippen molar-refractivity contribution >= 4 is 12.2 Å². The second-order valence-corrected chi connectivity index (χ2v) is 2.55. The van der Waals surface area contributed by atoms with Crippen LogP contribution >= 0.6 is 0 Å². The molecule has 1 aromatic carbocycles. The van der Waals surface area contributed by atoms with Gasteiger partial charge in [-0.3, -0.25) is 0 Å². The van der Waals surface area contributed by atoms with E-state index in [1.807, 2.05) is 37.3 Å². The average molecular weight is 160 g/mol. The van der Waals surface area contributed by atoms with Crippen molar-refractivity contribution in [3.8, 4) is 0 Å². The molecular weight excluding hydrogens is 148 g/mol. The lowest BCUT2D eigenvalue weighted by molar-refractivity contribution is 0.444. The Bertz CT molecular complexity index is 388. The lowest BCUT2D eigenvalue weighted by Gasteiger charge is -1.89. The molecule has 0 saturated carbocycles. The molecule has 0 spiro atoms. The van der Waals surface area contributed by atoms with Gasteiger partial charge in [0.05, 0.1) is 0 Å². The standard InChI is InChI=1S/C11H12O/c1-3-10-6-4-5-7-11(10)8-9(2)12/h3-8,12H,2H2,1H3/b10-3-,11-8-. The fourth-order valence-corrected chi connectivity index (χ4v) is 1.08. The van der Waals surface area contributed by atoms with Gasteiger partial charge in [0.2, 0.25) is 0 Å². The Labute approximate surface area is 72.0 Å². The predicted octanol–water partition coefficient (Wildman–Crippen LogP) is 1.34. The molecule has 12 heavy (non-hydrogen) atoms. The summed E-state index contributed by atoms with van der Waals surface area (Å²) in [6.45, 7) is 5.38. The zero-order chi connectivity index (χ0) is 8.97. The molecule has 0 radical (unpaired) electrons. The van der Waals surface area contributed by atoms with Crippen LogP contribution in [-0.2, 0) is 0 Å². The molecule has 0 aromatic heterocycles. The normalized spacial score (nSPS) is 13.4. The molecule has 0 aliphatic rings. The summed E-state index contributed by atoms with van der Waals surface area (Å²) in [6.07, 6.45) is 3.64. The molecule has 62 valence electrons. The van der Waals surface area contributed by atoms with E-state index in [9.17, 15) is 0 Å². The van der Waals surface area contributed by atoms with Crippen molar-refractivity contribution in [1.82, 2.24) is 0 Å². The summed E-state index contributed by atoms with van der Waals surface area (Å²) in [5, 5.41) is 11.1. The van der Waals surface area contributed by atoms with Crippen molar-refractivity contribution in [1.29, 1.82) is 0 Å². The lowest BCUT2D eigenvalue weighted by atomic mass is 10.2. The molecule has 1 heteroatoms. The highest BCUT2D eigenvalue weighted by molar-refractivity contribution is 5.41. The Morgan fingerprint density at radius 1 is 1.33 bits per heavy atom. The molecule has 0 saturated heterocycles. The molecule has 1 N–H and O–H groups in total. The van der Waals surface area contributed by atoms with Crippen LogP contribution in [0.25, 0.3) is 12.2 Å². The molecule has 0 fully saturated rings. The molecule has 1 rings (SSSR count). The van der Waals surface area contributed by atoms with Crippen molar-refractivity contribution < 1.29 is 5.11 Å². The van der Waals surface area contributed by atoms with E-state index < -0.39 is 0 Å². The van der Waals surface area contributed by atoms with Crippen molar-refractivity contribution in [2.24, 2.45) is 0 Å². The summed E-state index contributed by atoms with van der Waals surface area (Å²) < 4.78 is 0. The quantitative estimate of drug-likeness (QED) is 0.615. The molecule has 0 aliphatic heterocycles. The topological polar surface area (TPSA) is 20.2 Å². The first-order chi connectivity index (χ1) is 5.74. The summed E-state index contributed by atoms with van der Waals surface area (Å²) in [7, 11) is 0. The largest absolute Gasteiger partial charge is 0.509 e. The van der Waals surface area contributed by atoms with Crippen molar-refractivity contribution in [3.05, 3.63) is 47.0 Å². The third kappa shape index (κ3) is 1.99. The maximum absolute atomic E-state index is 8.96. The number of allylic oxidation sites excluding steroid dienone is 1. The van der Waals surface area contributed by atoms with Gasteiger partial charge in [-0.25, -0.2) is 0 Å². The minimum atomic E-state index is 0.0873. The van der Waals surface area contributed by atoms with E-state index in [2.05, 4.69) is 6.58 Å². The summed E-state index contributed by atoms with van der Waals surface area (Å²) in [4.78, 5) is 0. The van der Waals surface area contributed by atoms with Crippen molar-refractivity contribution in [2.45, 2.75) is 6.92 Å². The van der Waals surface area contributed by atoms with Gasteiger partial charge < -0.3 is 5.11 Å². The number of rotatable bonds is 1. The summed E-state index contributed by atoms with van der Waals surface area (Å²) >= 11 is 0. The van der Waals surface area contributed by atoms with E-state index >= 15 is 0 Å². The first-order valence-corrected chi connectivity index (χ1v) is 3.85. The molecule has 0 bridgehead atoms. The van der Waals surface area contributed by atoms with Crippen LogP contribution in [0.5, 0.6) is 0 Å². The molecule has 0 aliphatic carbocycles. The zero-order valence-corrected chi connectivity index (χ0v) is 7.12. The zero-order valence-electron chi connectivity index (χ0n) is 7.12. The first kappa shape index (κ1) is 8.60. The predicted molar refractivity (Wildman–Crippen MR) is 52.1 cm³/mol. The molecular formula is C11H12O. The van der Waals surface area contributed by atoms with Crippen molar-refractivity contribution in [2.75, 3.05) is 0 Å². The van der Waals surface area contributed by atoms with E-state index in [0.29, 0.717) is 0 Å². The highest BCUT2D eigenvalue weighted by Crippen LogP contribution is 1.81. The van der Waals surface area contributed by atoms with Crippen LogP contribution in [0.4, 0.5) is 0 Å². The number of aliphatic hydroxyl groups excluding tert-OH is 1. The van der Waals surface area contributed by atoms with E-state index in [1.165, 1.54) is 0 Å². The second-order valence-electron chi connectivity index (χ2n) is 2.55. The smallest absolute Gasteiger partial charge is 0.109 e. The molecule has 0 heterocycles. The fraction of sp³-hybridized carbons (Fsp3) is 0.0909. The van der Waals surface area contributed by atoms with Crippen LogP contribution < -0.4 is 10.4 Å². The van der Waals surface area contributed by atoms with Crippen LogP contribution in [0.2, 0.25) is 0 Å². The maximum atomic E-state index is 8.96. The van der Waals surface area contributed by atoms with Gasteiger partial charge in [-0.05, 0) is 23.4 Å². The van der Waals surface area contributed by atoms with Crippen LogP contribution in [0.1, 0.15) is 6.92 Å². The SMILES string of the molecule is C=C(O)/C=c1/cccc/c1=C/C. The van der Waals surface area contributed by atoms with Gasteiger partial charge in [0.15, 0.2) is 0 Å². The number of hydrogen-bond donors (Lipinski definition) is 1. The Balaban J connectivity index is 3.43. The van der Waals surface area contributed by atoms with Gasteiger partial charge in [-0.2, -0.15) is 0 Å². The summed E-state index contributed by atoms with van der Waals surface area (Å²) in [5.41, 5.74) is 0. The fourth-order valence-electron chi connectivity index (χ4n) is 1.08. The van der Waals surface area contributed by atoms with Gasteiger partial charge in [0.1, 0.15) is 5.76 Å². The third-order valence-electron chi connectivity index (χ3n) is 1.63. The Morgan fingerprint density at radius 2 is 1.92 bits per heavy atom. The first-order valence-electron chi connectivity index (χ1n) is 3.85. The van der Waals surface area contributed by atoms with E-state index in [4.69, 9.17) is 5.11 Å². The lowest BCUT2D eigenvalue weighted by Crippen LogP contribution is -2.23. The van der Waals surface area contributed by atoms with Gasteiger partial charge in [-0.15, -0.1) is 0 Å². The molecule has 0 unspecified atom stereocenters. The van der Waals surface area contributed by atoms with Gasteiger partial charge in [-0.1, -0.05) is 36.9 Å². The Hall–Kier alpha value is -1.50. The highest BCUT2D eigenvalue weighted by Gasteiger charge is 1.83. The number of hydrogen-bond acceptors (Lipinski definition) is 1. The second kappa shape index (κ2) is 3.77. The van der Waals surface area contributed by atoms with E-state index in [0.717, 1.165) is 10.4 Å². The number of benzene rings is 1. The van der Waals surface area contributed by atoms with E-state index in [-0.39, 0.29) is 5.76 Å². The number of aliphatic hydroxyl groups is 1. The minimum absolute atomic E-state index is 0.0873. The molecule has 1 aromatic rings. The van der Waals surface area contributed by atoms with Crippen LogP contribution in [0.15, 0.2) is 36.6 Å². The molecule has 1 nitrogen and oxygen atoms in total. The maximum Gasteiger partial charge on any atom is 0.109 e. The summed E-state index contributed by atoms with van der Waals surface area (Å²) in [6, 6.07) is 7.83. The van der Waals surface area contributed by atoms with Crippen molar-refractivity contribution in [3.63, 3.8) is 0 Å². The summed E-state index contributed by atoms with van der Waals surface area (Å²) in [5.74, 6) is 0.0873. The van der Waals surface area contributed by atoms with Gasteiger partial charge >= 0.3 is 0 Å². The minimum Gasteiger partial charge on any atom is -0.509 e. The molecule has 0 atom stereocenters. The van der Waals surface area contributed by atoms with Gasteiger partial charge in [0.25, 0.3) is 0 Å². The average Bonchev–Trinajstić information content (AvgIpc) is 2.04. The monoisotopic (exact) mass is 160 g/mol. The van der Waals surface area contributed by atoms with Crippen LogP contribution in [0, 0.1) is 0 Å². The Kier molecular flexibility index (Phi) is 2.70. The highest BCUT2D eigenvalue weighted by atomic mass is 16.3. The van der Waals surface area contributed by atoms with E-state index in [1.54, 1.807) is 6.08 Å². The Morgan fingerprint density at radius 3 is 2.42 bits per heavy atom. The molecule has 0 amide bonds. The third-order valence-corrected chi connectivity index (χ3v) is 1.63. The van der Waals surface area contributed by atoms with Crippen LogP contribution in [0.3, 0.4) is 0 Å². The van der Waals surface area contributed by atoms with Gasteiger partial charge in [0, 0.05) is 0 Å². The van der Waals surface area contributed by atoms with Crippen LogP contribution in [-0.4, -0.2) is 5.11 Å².